The summed E-state index contributed by atoms with van der Waals surface area (Å²) in [6.07, 6.45) is 1.19. The standard InChI is InChI=1S/C24H25N5O6/c30-21(11-18-22(31)27(24(33)25-18)9-8-15-4-2-1-3-5-15)26-12-16-10-17(14-26)19-6-7-20(29(34)35)23(32)28(19)13-16/h1-7,16-18H,8-14H2,(H,25,33)/t16?,17?,18-/m0/s1. The molecule has 11 heteroatoms. The number of carbonyl (C=O) groups is 3. The van der Waals surface area contributed by atoms with Gasteiger partial charge in [-0.3, -0.25) is 29.4 Å². The van der Waals surface area contributed by atoms with Crippen LogP contribution in [0.1, 0.15) is 30.0 Å². The molecule has 0 spiro atoms. The van der Waals surface area contributed by atoms with E-state index in [2.05, 4.69) is 5.32 Å². The number of piperidine rings is 1. The van der Waals surface area contributed by atoms with E-state index in [-0.39, 0.29) is 30.7 Å². The van der Waals surface area contributed by atoms with Gasteiger partial charge in [0.15, 0.2) is 0 Å². The summed E-state index contributed by atoms with van der Waals surface area (Å²) in [5, 5.41) is 13.8. The van der Waals surface area contributed by atoms with Gasteiger partial charge in [0, 0.05) is 43.9 Å². The first-order valence-corrected chi connectivity index (χ1v) is 11.6. The first kappa shape index (κ1) is 22.8. The average Bonchev–Trinajstić information content (AvgIpc) is 3.10. The molecule has 4 heterocycles. The highest BCUT2D eigenvalue weighted by atomic mass is 16.6. The van der Waals surface area contributed by atoms with Gasteiger partial charge in [0.2, 0.25) is 5.91 Å². The molecule has 2 aromatic rings. The van der Waals surface area contributed by atoms with Crippen LogP contribution in [-0.4, -0.2) is 62.8 Å². The maximum Gasteiger partial charge on any atom is 0.334 e. The monoisotopic (exact) mass is 479 g/mol. The minimum absolute atomic E-state index is 0.0128. The second-order valence-electron chi connectivity index (χ2n) is 9.35. The Morgan fingerprint density at radius 3 is 2.57 bits per heavy atom. The fourth-order valence-corrected chi connectivity index (χ4v) is 5.39. The zero-order chi connectivity index (χ0) is 24.7. The van der Waals surface area contributed by atoms with E-state index in [0.717, 1.165) is 16.9 Å². The number of fused-ring (bicyclic) bond motifs is 4. The Bertz CT molecular complexity index is 1260. The number of amides is 4. The molecule has 1 N–H and O–H groups in total. The second kappa shape index (κ2) is 8.97. The van der Waals surface area contributed by atoms with Gasteiger partial charge in [-0.15, -0.1) is 0 Å². The molecule has 3 aliphatic heterocycles. The number of rotatable bonds is 6. The molecule has 2 unspecified atom stereocenters. The molecule has 2 fully saturated rings. The van der Waals surface area contributed by atoms with Crippen molar-refractivity contribution in [3.05, 3.63) is 74.2 Å². The molecule has 0 aliphatic carbocycles. The Morgan fingerprint density at radius 2 is 1.83 bits per heavy atom. The van der Waals surface area contributed by atoms with Crippen molar-refractivity contribution in [1.29, 1.82) is 0 Å². The fourth-order valence-electron chi connectivity index (χ4n) is 5.39. The lowest BCUT2D eigenvalue weighted by Crippen LogP contribution is -2.50. The van der Waals surface area contributed by atoms with Crippen LogP contribution in [-0.2, 0) is 22.6 Å². The van der Waals surface area contributed by atoms with E-state index in [1.807, 2.05) is 30.3 Å². The number of benzene rings is 1. The van der Waals surface area contributed by atoms with Gasteiger partial charge in [-0.05, 0) is 30.4 Å². The van der Waals surface area contributed by atoms with E-state index in [4.69, 9.17) is 0 Å². The smallest absolute Gasteiger partial charge is 0.334 e. The summed E-state index contributed by atoms with van der Waals surface area (Å²) in [5.41, 5.74) is 0.634. The van der Waals surface area contributed by atoms with Crippen LogP contribution < -0.4 is 10.9 Å². The van der Waals surface area contributed by atoms with Gasteiger partial charge in [0.05, 0.1) is 11.3 Å². The molecule has 1 aromatic carbocycles. The Kier molecular flexibility index (Phi) is 5.83. The molecule has 182 valence electrons. The van der Waals surface area contributed by atoms with Crippen molar-refractivity contribution in [3.63, 3.8) is 0 Å². The van der Waals surface area contributed by atoms with Crippen molar-refractivity contribution in [2.24, 2.45) is 5.92 Å². The molecule has 3 aliphatic rings. The minimum Gasteiger partial charge on any atom is -0.342 e. The number of imide groups is 1. The van der Waals surface area contributed by atoms with Crippen LogP contribution in [0.15, 0.2) is 47.3 Å². The summed E-state index contributed by atoms with van der Waals surface area (Å²) >= 11 is 0. The first-order valence-electron chi connectivity index (χ1n) is 11.6. The zero-order valence-corrected chi connectivity index (χ0v) is 19.0. The van der Waals surface area contributed by atoms with Gasteiger partial charge in [-0.2, -0.15) is 0 Å². The average molecular weight is 479 g/mol. The number of nitrogens with zero attached hydrogens (tertiary/aromatic N) is 4. The molecule has 0 saturated carbocycles. The SMILES string of the molecule is O=C(C[C@@H]1NC(=O)N(CCc2ccccc2)C1=O)N1CC2CC(C1)c1ccc([N+](=O)[O-])c(=O)n1C2. The first-order chi connectivity index (χ1) is 16.8. The highest BCUT2D eigenvalue weighted by Crippen LogP contribution is 2.36. The van der Waals surface area contributed by atoms with Gasteiger partial charge in [0.25, 0.3) is 5.91 Å². The van der Waals surface area contributed by atoms with Crippen LogP contribution in [0, 0.1) is 16.0 Å². The summed E-state index contributed by atoms with van der Waals surface area (Å²) in [6.45, 7) is 1.31. The van der Waals surface area contributed by atoms with Crippen LogP contribution in [0.5, 0.6) is 0 Å². The predicted octanol–water partition coefficient (Wildman–Crippen LogP) is 1.26. The number of pyridine rings is 1. The van der Waals surface area contributed by atoms with E-state index >= 15 is 0 Å². The number of nitrogens with one attached hydrogen (secondary N) is 1. The highest BCUT2D eigenvalue weighted by Gasteiger charge is 2.42. The van der Waals surface area contributed by atoms with Crippen LogP contribution in [0.25, 0.3) is 0 Å². The Hall–Kier alpha value is -4.02. The minimum atomic E-state index is -0.898. The van der Waals surface area contributed by atoms with Crippen molar-refractivity contribution < 1.29 is 19.3 Å². The number of urea groups is 1. The van der Waals surface area contributed by atoms with Crippen LogP contribution in [0.3, 0.4) is 0 Å². The molecule has 2 bridgehead atoms. The number of nitro groups is 1. The van der Waals surface area contributed by atoms with E-state index < -0.39 is 34.2 Å². The molecule has 11 nitrogen and oxygen atoms in total. The van der Waals surface area contributed by atoms with Crippen molar-refractivity contribution in [2.75, 3.05) is 19.6 Å². The molecule has 35 heavy (non-hydrogen) atoms. The van der Waals surface area contributed by atoms with E-state index in [1.165, 1.54) is 10.6 Å². The highest BCUT2D eigenvalue weighted by molar-refractivity contribution is 6.05. The summed E-state index contributed by atoms with van der Waals surface area (Å²) in [7, 11) is 0. The maximum atomic E-state index is 13.1. The molecular formula is C24H25N5O6. The molecule has 2 saturated heterocycles. The number of hydrogen-bond acceptors (Lipinski definition) is 6. The third-order valence-corrected chi connectivity index (χ3v) is 7.09. The Morgan fingerprint density at radius 1 is 1.06 bits per heavy atom. The normalized spacial score (nSPS) is 23.1. The Balaban J connectivity index is 1.23. The number of carbonyl (C=O) groups excluding carboxylic acids is 3. The van der Waals surface area contributed by atoms with Gasteiger partial charge >= 0.3 is 17.3 Å². The van der Waals surface area contributed by atoms with E-state index in [0.29, 0.717) is 31.7 Å². The van der Waals surface area contributed by atoms with Crippen molar-refractivity contribution in [3.8, 4) is 0 Å². The topological polar surface area (TPSA) is 135 Å². The summed E-state index contributed by atoms with van der Waals surface area (Å²) < 4.78 is 1.46. The lowest BCUT2D eigenvalue weighted by Gasteiger charge is -2.42. The lowest BCUT2D eigenvalue weighted by atomic mass is 9.83. The zero-order valence-electron chi connectivity index (χ0n) is 19.0. The number of likely N-dealkylation sites (tertiary alicyclic amines) is 1. The molecule has 4 amide bonds. The number of hydrogen-bond donors (Lipinski definition) is 1. The fraction of sp³-hybridized carbons (Fsp3) is 0.417. The molecular weight excluding hydrogens is 454 g/mol. The molecule has 5 rings (SSSR count). The second-order valence-corrected chi connectivity index (χ2v) is 9.35. The summed E-state index contributed by atoms with van der Waals surface area (Å²) in [6, 6.07) is 11.0. The summed E-state index contributed by atoms with van der Waals surface area (Å²) in [4.78, 5) is 64.1. The van der Waals surface area contributed by atoms with Gasteiger partial charge < -0.3 is 14.8 Å². The van der Waals surface area contributed by atoms with Crippen molar-refractivity contribution >= 4 is 23.5 Å². The predicted molar refractivity (Wildman–Crippen MR) is 124 cm³/mol. The largest absolute Gasteiger partial charge is 0.342 e. The van der Waals surface area contributed by atoms with Crippen molar-refractivity contribution in [1.82, 2.24) is 19.7 Å². The van der Waals surface area contributed by atoms with Gasteiger partial charge in [0.1, 0.15) is 6.04 Å². The third kappa shape index (κ3) is 4.29. The third-order valence-electron chi connectivity index (χ3n) is 7.09. The summed E-state index contributed by atoms with van der Waals surface area (Å²) in [5.74, 6) is -0.765. The Labute approximate surface area is 200 Å². The lowest BCUT2D eigenvalue weighted by molar-refractivity contribution is -0.386. The van der Waals surface area contributed by atoms with Gasteiger partial charge in [-0.25, -0.2) is 4.79 Å². The van der Waals surface area contributed by atoms with E-state index in [9.17, 15) is 29.3 Å². The van der Waals surface area contributed by atoms with Crippen LogP contribution in [0.2, 0.25) is 0 Å². The quantitative estimate of drug-likeness (QED) is 0.376. The molecule has 0 radical (unpaired) electrons. The number of aromatic nitrogens is 1. The molecule has 3 atom stereocenters. The molecule has 1 aromatic heterocycles. The van der Waals surface area contributed by atoms with Crippen LogP contribution in [0.4, 0.5) is 10.5 Å². The maximum absolute atomic E-state index is 13.1. The van der Waals surface area contributed by atoms with Gasteiger partial charge in [-0.1, -0.05) is 30.3 Å². The van der Waals surface area contributed by atoms with Crippen molar-refractivity contribution in [2.45, 2.75) is 37.8 Å². The van der Waals surface area contributed by atoms with E-state index in [1.54, 1.807) is 11.0 Å². The van der Waals surface area contributed by atoms with Crippen LogP contribution >= 0.6 is 0 Å².